The van der Waals surface area contributed by atoms with Gasteiger partial charge in [0.15, 0.2) is 0 Å². The molecule has 28 heavy (non-hydrogen) atoms. The minimum absolute atomic E-state index is 0.303. The largest absolute Gasteiger partial charge is 0.481 e. The molecule has 0 radical (unpaired) electrons. The molecule has 1 aliphatic rings. The Hall–Kier alpha value is -2.22. The maximum atomic E-state index is 10.9. The summed E-state index contributed by atoms with van der Waals surface area (Å²) in [4.78, 5) is 21.0. The molecule has 0 heterocycles. The van der Waals surface area contributed by atoms with Crippen LogP contribution >= 0.6 is 0 Å². The van der Waals surface area contributed by atoms with Crippen LogP contribution in [-0.2, 0) is 9.59 Å². The van der Waals surface area contributed by atoms with Crippen LogP contribution < -0.4 is 11.5 Å². The number of carbonyl (C=O) groups is 2. The van der Waals surface area contributed by atoms with Crippen molar-refractivity contribution in [2.45, 2.75) is 63.5 Å². The number of aliphatic hydroxyl groups excluding tert-OH is 1. The highest BCUT2D eigenvalue weighted by Crippen LogP contribution is 2.27. The van der Waals surface area contributed by atoms with Gasteiger partial charge in [-0.15, -0.1) is 0 Å². The molecule has 0 aromatic heterocycles. The average Bonchev–Trinajstić information content (AvgIpc) is 3.07. The van der Waals surface area contributed by atoms with Crippen LogP contribution in [0.5, 0.6) is 0 Å². The zero-order chi connectivity index (χ0) is 21.1. The van der Waals surface area contributed by atoms with Crippen molar-refractivity contribution in [3.8, 4) is 0 Å². The zero-order valence-corrected chi connectivity index (χ0v) is 16.4. The summed E-state index contributed by atoms with van der Waals surface area (Å²) in [5.41, 5.74) is 13.3. The molecule has 0 aliphatic heterocycles. The molecule has 0 amide bonds. The topological polar surface area (TPSA) is 147 Å². The average molecular weight is 392 g/mol. The molecule has 3 atom stereocenters. The Kier molecular flexibility index (Phi) is 10.4. The maximum Gasteiger partial charge on any atom is 0.320 e. The molecule has 1 aromatic carbocycles. The van der Waals surface area contributed by atoms with Crippen molar-refractivity contribution in [2.24, 2.45) is 11.5 Å². The molecule has 3 unspecified atom stereocenters. The number of nitrogens with two attached hydrogens (primary N) is 2. The van der Waals surface area contributed by atoms with Crippen LogP contribution in [0.4, 0.5) is 0 Å². The Morgan fingerprint density at radius 2 is 1.82 bits per heavy atom. The minimum atomic E-state index is -0.933. The fourth-order valence-corrected chi connectivity index (χ4v) is 2.89. The van der Waals surface area contributed by atoms with Crippen LogP contribution in [0.15, 0.2) is 29.8 Å². The third kappa shape index (κ3) is 8.21. The van der Waals surface area contributed by atoms with Crippen molar-refractivity contribution in [3.63, 3.8) is 0 Å². The van der Waals surface area contributed by atoms with Crippen molar-refractivity contribution >= 4 is 18.0 Å². The summed E-state index contributed by atoms with van der Waals surface area (Å²) in [7, 11) is 0. The molecule has 7 heteroatoms. The Labute approximate surface area is 166 Å². The van der Waals surface area contributed by atoms with Gasteiger partial charge in [-0.1, -0.05) is 36.8 Å². The van der Waals surface area contributed by atoms with Gasteiger partial charge in [0, 0.05) is 0 Å². The van der Waals surface area contributed by atoms with Crippen LogP contribution in [0.1, 0.15) is 62.5 Å². The summed E-state index contributed by atoms with van der Waals surface area (Å²) >= 11 is 0. The van der Waals surface area contributed by atoms with E-state index in [0.717, 1.165) is 48.8 Å². The lowest BCUT2D eigenvalue weighted by Gasteiger charge is -2.07. The molecule has 1 aliphatic carbocycles. The van der Waals surface area contributed by atoms with E-state index in [1.807, 2.05) is 30.3 Å². The Bertz CT molecular complexity index is 657. The molecule has 0 spiro atoms. The van der Waals surface area contributed by atoms with Crippen LogP contribution in [0.25, 0.3) is 6.08 Å². The van der Waals surface area contributed by atoms with E-state index in [1.54, 1.807) is 6.92 Å². The van der Waals surface area contributed by atoms with Gasteiger partial charge in [0.25, 0.3) is 0 Å². The highest BCUT2D eigenvalue weighted by atomic mass is 16.4. The molecule has 2 rings (SSSR count). The van der Waals surface area contributed by atoms with Crippen LogP contribution in [0.3, 0.4) is 0 Å². The lowest BCUT2D eigenvalue weighted by molar-refractivity contribution is -0.139. The summed E-state index contributed by atoms with van der Waals surface area (Å²) < 4.78 is 0. The van der Waals surface area contributed by atoms with Gasteiger partial charge in [0.2, 0.25) is 0 Å². The van der Waals surface area contributed by atoms with Crippen molar-refractivity contribution < 1.29 is 24.9 Å². The van der Waals surface area contributed by atoms with Gasteiger partial charge in [-0.25, -0.2) is 0 Å². The lowest BCUT2D eigenvalue weighted by atomic mass is 9.99. The van der Waals surface area contributed by atoms with Gasteiger partial charge in [-0.3, -0.25) is 9.59 Å². The van der Waals surface area contributed by atoms with E-state index in [1.165, 1.54) is 0 Å². The van der Waals surface area contributed by atoms with Gasteiger partial charge >= 0.3 is 11.9 Å². The number of carboxylic acids is 2. The van der Waals surface area contributed by atoms with Crippen molar-refractivity contribution in [3.05, 3.63) is 41.0 Å². The molecular formula is C21H32N2O5. The monoisotopic (exact) mass is 392 g/mol. The number of carboxylic acid groups (broad SMARTS) is 2. The normalized spacial score (nSPS) is 19.6. The maximum absolute atomic E-state index is 10.9. The van der Waals surface area contributed by atoms with Crippen molar-refractivity contribution in [2.75, 3.05) is 6.54 Å². The van der Waals surface area contributed by atoms with E-state index in [4.69, 9.17) is 21.7 Å². The fraction of sp³-hybridized carbons (Fsp3) is 0.524. The highest BCUT2D eigenvalue weighted by Gasteiger charge is 2.18. The Morgan fingerprint density at radius 3 is 2.29 bits per heavy atom. The summed E-state index contributed by atoms with van der Waals surface area (Å²) in [6, 6.07) is 6.78. The van der Waals surface area contributed by atoms with E-state index in [2.05, 4.69) is 0 Å². The molecule has 156 valence electrons. The van der Waals surface area contributed by atoms with E-state index >= 15 is 0 Å². The number of benzene rings is 1. The number of rotatable bonds is 8. The smallest absolute Gasteiger partial charge is 0.320 e. The first-order chi connectivity index (χ1) is 13.3. The number of unbranched alkanes of at least 4 members (excludes halogenated alkanes) is 1. The minimum Gasteiger partial charge on any atom is -0.481 e. The molecular weight excluding hydrogens is 360 g/mol. The van der Waals surface area contributed by atoms with E-state index < -0.39 is 23.9 Å². The van der Waals surface area contributed by atoms with Gasteiger partial charge < -0.3 is 26.8 Å². The van der Waals surface area contributed by atoms with Gasteiger partial charge in [-0.2, -0.15) is 0 Å². The first-order valence-electron chi connectivity index (χ1n) is 9.66. The Morgan fingerprint density at radius 1 is 1.18 bits per heavy atom. The molecule has 0 saturated heterocycles. The SMILES string of the molecule is CC(C(=O)O)c1ccc(C=C2CCCC2O)cc1.NCCCCC(N)C(=O)O. The van der Waals surface area contributed by atoms with Gasteiger partial charge in [0.05, 0.1) is 12.0 Å². The molecule has 7 N–H and O–H groups in total. The Balaban J connectivity index is 0.000000336. The van der Waals surface area contributed by atoms with E-state index in [9.17, 15) is 14.7 Å². The third-order valence-electron chi connectivity index (χ3n) is 4.82. The highest BCUT2D eigenvalue weighted by molar-refractivity contribution is 5.75. The number of hydrogen-bond donors (Lipinski definition) is 5. The number of aliphatic carboxylic acids is 2. The second kappa shape index (κ2) is 12.3. The predicted molar refractivity (Wildman–Crippen MR) is 109 cm³/mol. The van der Waals surface area contributed by atoms with Gasteiger partial charge in [-0.05, 0) is 62.3 Å². The number of hydrogen-bond acceptors (Lipinski definition) is 5. The van der Waals surface area contributed by atoms with Crippen LogP contribution in [0, 0.1) is 0 Å². The number of aliphatic hydroxyl groups is 1. The second-order valence-corrected chi connectivity index (χ2v) is 7.08. The fourth-order valence-electron chi connectivity index (χ4n) is 2.89. The first-order valence-corrected chi connectivity index (χ1v) is 9.66. The molecule has 1 saturated carbocycles. The summed E-state index contributed by atoms with van der Waals surface area (Å²) in [6.07, 6.45) is 6.71. The van der Waals surface area contributed by atoms with Crippen LogP contribution in [-0.4, -0.2) is 45.9 Å². The van der Waals surface area contributed by atoms with E-state index in [-0.39, 0.29) is 6.10 Å². The first kappa shape index (κ1) is 23.8. The van der Waals surface area contributed by atoms with Gasteiger partial charge in [0.1, 0.15) is 6.04 Å². The quantitative estimate of drug-likeness (QED) is 0.427. The lowest BCUT2D eigenvalue weighted by Crippen LogP contribution is -2.29. The summed E-state index contributed by atoms with van der Waals surface area (Å²) in [5, 5.41) is 27.0. The summed E-state index contributed by atoms with van der Waals surface area (Å²) in [6.45, 7) is 2.28. The molecule has 7 nitrogen and oxygen atoms in total. The molecule has 1 aromatic rings. The third-order valence-corrected chi connectivity index (χ3v) is 4.82. The zero-order valence-electron chi connectivity index (χ0n) is 16.4. The standard InChI is InChI=1S/C15H18O3.C6H14N2O2/c1-10(15(17)18)12-7-5-11(6-8-12)9-13-3-2-4-14(13)16;7-4-2-1-3-5(8)6(9)10/h5-10,14,16H,2-4H2,1H3,(H,17,18);5H,1-4,7-8H2,(H,9,10). The second-order valence-electron chi connectivity index (χ2n) is 7.08. The van der Waals surface area contributed by atoms with Crippen molar-refractivity contribution in [1.29, 1.82) is 0 Å². The molecule has 0 bridgehead atoms. The van der Waals surface area contributed by atoms with Crippen LogP contribution in [0.2, 0.25) is 0 Å². The van der Waals surface area contributed by atoms with E-state index in [0.29, 0.717) is 13.0 Å². The predicted octanol–water partition coefficient (Wildman–Crippen LogP) is 2.33. The molecule has 1 fully saturated rings. The van der Waals surface area contributed by atoms with Crippen molar-refractivity contribution in [1.82, 2.24) is 0 Å². The summed E-state index contributed by atoms with van der Waals surface area (Å²) in [5.74, 6) is -2.23.